The lowest BCUT2D eigenvalue weighted by Crippen LogP contribution is -2.52. The van der Waals surface area contributed by atoms with Gasteiger partial charge in [0.1, 0.15) is 17.5 Å². The number of anilines is 1. The molecule has 38 heavy (non-hydrogen) atoms. The van der Waals surface area contributed by atoms with Crippen LogP contribution < -0.4 is 20.3 Å². The lowest BCUT2D eigenvalue weighted by Gasteiger charge is -2.26. The molecule has 1 atom stereocenters. The first-order chi connectivity index (χ1) is 18.6. The van der Waals surface area contributed by atoms with Gasteiger partial charge in [-0.25, -0.2) is 4.79 Å². The average molecular weight is 517 g/mol. The number of benzene rings is 3. The number of ether oxygens (including phenoxy) is 2. The number of urea groups is 1. The molecule has 0 bridgehead atoms. The number of amides is 3. The molecule has 0 spiro atoms. The van der Waals surface area contributed by atoms with Crippen molar-refractivity contribution >= 4 is 17.6 Å². The summed E-state index contributed by atoms with van der Waals surface area (Å²) in [6, 6.07) is 25.4. The van der Waals surface area contributed by atoms with E-state index in [4.69, 9.17) is 9.47 Å². The van der Waals surface area contributed by atoms with E-state index in [1.54, 1.807) is 7.05 Å². The summed E-state index contributed by atoms with van der Waals surface area (Å²) in [5, 5.41) is 5.94. The number of nitrogens with zero attached hydrogens (tertiary/aromatic N) is 2. The highest BCUT2D eigenvalue weighted by Gasteiger charge is 2.23. The Balaban J connectivity index is 1.33. The molecule has 0 unspecified atom stereocenters. The Morgan fingerprint density at radius 1 is 0.921 bits per heavy atom. The van der Waals surface area contributed by atoms with E-state index >= 15 is 0 Å². The Kier molecular flexibility index (Phi) is 10.1. The second-order valence-corrected chi connectivity index (χ2v) is 9.26. The summed E-state index contributed by atoms with van der Waals surface area (Å²) in [6.45, 7) is 4.82. The number of para-hydroxylation sites is 1. The van der Waals surface area contributed by atoms with E-state index in [-0.39, 0.29) is 11.9 Å². The van der Waals surface area contributed by atoms with Crippen molar-refractivity contribution in [2.45, 2.75) is 18.9 Å². The predicted molar refractivity (Wildman–Crippen MR) is 149 cm³/mol. The van der Waals surface area contributed by atoms with Gasteiger partial charge in [0.2, 0.25) is 5.91 Å². The van der Waals surface area contributed by atoms with Crippen LogP contribution in [-0.4, -0.2) is 69.3 Å². The second kappa shape index (κ2) is 14.2. The summed E-state index contributed by atoms with van der Waals surface area (Å²) >= 11 is 0. The monoisotopic (exact) mass is 516 g/mol. The molecule has 4 rings (SSSR count). The van der Waals surface area contributed by atoms with Gasteiger partial charge in [0.15, 0.2) is 0 Å². The number of rotatable bonds is 11. The van der Waals surface area contributed by atoms with E-state index < -0.39 is 6.04 Å². The van der Waals surface area contributed by atoms with Crippen LogP contribution in [0.5, 0.6) is 11.5 Å². The van der Waals surface area contributed by atoms with Crippen molar-refractivity contribution in [2.24, 2.45) is 0 Å². The van der Waals surface area contributed by atoms with Crippen LogP contribution in [0, 0.1) is 0 Å². The summed E-state index contributed by atoms with van der Waals surface area (Å²) in [5.41, 5.74) is 1.67. The van der Waals surface area contributed by atoms with Gasteiger partial charge >= 0.3 is 6.03 Å². The molecular formula is C30H36N4O4. The summed E-state index contributed by atoms with van der Waals surface area (Å²) in [5.74, 6) is 1.22. The number of morpholine rings is 1. The minimum absolute atomic E-state index is 0.191. The molecule has 3 aromatic carbocycles. The third kappa shape index (κ3) is 8.33. The maximum absolute atomic E-state index is 13.1. The molecule has 1 aliphatic rings. The topological polar surface area (TPSA) is 83.1 Å². The Morgan fingerprint density at radius 3 is 2.24 bits per heavy atom. The first kappa shape index (κ1) is 27.2. The van der Waals surface area contributed by atoms with Crippen molar-refractivity contribution in [3.63, 3.8) is 0 Å². The quantitative estimate of drug-likeness (QED) is 0.376. The molecule has 0 radical (unpaired) electrons. The molecule has 200 valence electrons. The predicted octanol–water partition coefficient (Wildman–Crippen LogP) is 4.07. The largest absolute Gasteiger partial charge is 0.457 e. The SMILES string of the molecule is CN(C(=O)N[C@@H](Cc1ccccc1)C(=O)NCCCN1CCOCC1)c1ccc(Oc2ccccc2)cc1. The van der Waals surface area contributed by atoms with E-state index in [1.165, 1.54) is 4.90 Å². The molecule has 1 aliphatic heterocycles. The van der Waals surface area contributed by atoms with Crippen molar-refractivity contribution in [2.75, 3.05) is 51.3 Å². The third-order valence-electron chi connectivity index (χ3n) is 6.46. The Hall–Kier alpha value is -3.88. The van der Waals surface area contributed by atoms with E-state index in [9.17, 15) is 9.59 Å². The summed E-state index contributed by atoms with van der Waals surface area (Å²) in [4.78, 5) is 30.1. The second-order valence-electron chi connectivity index (χ2n) is 9.26. The Labute approximate surface area is 224 Å². The van der Waals surface area contributed by atoms with E-state index in [0.29, 0.717) is 24.4 Å². The highest BCUT2D eigenvalue weighted by molar-refractivity contribution is 5.95. The van der Waals surface area contributed by atoms with Crippen molar-refractivity contribution in [1.29, 1.82) is 0 Å². The normalized spacial score (nSPS) is 14.3. The Bertz CT molecular complexity index is 1140. The molecule has 0 aromatic heterocycles. The van der Waals surface area contributed by atoms with Crippen LogP contribution in [0.15, 0.2) is 84.9 Å². The van der Waals surface area contributed by atoms with Crippen molar-refractivity contribution in [1.82, 2.24) is 15.5 Å². The zero-order chi connectivity index (χ0) is 26.6. The van der Waals surface area contributed by atoms with Gasteiger partial charge in [0.05, 0.1) is 13.2 Å². The summed E-state index contributed by atoms with van der Waals surface area (Å²) in [6.07, 6.45) is 1.24. The lowest BCUT2D eigenvalue weighted by molar-refractivity contribution is -0.122. The average Bonchev–Trinajstić information content (AvgIpc) is 2.96. The van der Waals surface area contributed by atoms with Crippen LogP contribution in [0.2, 0.25) is 0 Å². The fraction of sp³-hybridized carbons (Fsp3) is 0.333. The molecule has 0 aliphatic carbocycles. The van der Waals surface area contributed by atoms with Gasteiger partial charge in [-0.15, -0.1) is 0 Å². The first-order valence-corrected chi connectivity index (χ1v) is 13.1. The minimum Gasteiger partial charge on any atom is -0.457 e. The van der Waals surface area contributed by atoms with Gasteiger partial charge in [-0.1, -0.05) is 48.5 Å². The van der Waals surface area contributed by atoms with Gasteiger partial charge in [-0.2, -0.15) is 0 Å². The molecule has 2 N–H and O–H groups in total. The van der Waals surface area contributed by atoms with Gasteiger partial charge in [-0.05, 0) is 54.9 Å². The van der Waals surface area contributed by atoms with Crippen molar-refractivity contribution in [3.05, 3.63) is 90.5 Å². The number of hydrogen-bond donors (Lipinski definition) is 2. The van der Waals surface area contributed by atoms with E-state index in [1.807, 2.05) is 84.9 Å². The molecular weight excluding hydrogens is 480 g/mol. The van der Waals surface area contributed by atoms with Gasteiger partial charge in [-0.3, -0.25) is 14.6 Å². The zero-order valence-electron chi connectivity index (χ0n) is 21.8. The molecule has 3 aromatic rings. The Morgan fingerprint density at radius 2 is 1.55 bits per heavy atom. The van der Waals surface area contributed by atoms with Crippen LogP contribution >= 0.6 is 0 Å². The van der Waals surface area contributed by atoms with Crippen LogP contribution in [0.1, 0.15) is 12.0 Å². The van der Waals surface area contributed by atoms with Crippen LogP contribution in [0.4, 0.5) is 10.5 Å². The highest BCUT2D eigenvalue weighted by Crippen LogP contribution is 2.24. The fourth-order valence-corrected chi connectivity index (χ4v) is 4.25. The molecule has 1 saturated heterocycles. The van der Waals surface area contributed by atoms with Gasteiger partial charge < -0.3 is 20.1 Å². The van der Waals surface area contributed by atoms with Gasteiger partial charge in [0.25, 0.3) is 0 Å². The molecule has 0 saturated carbocycles. The first-order valence-electron chi connectivity index (χ1n) is 13.1. The number of carbonyl (C=O) groups excluding carboxylic acids is 2. The van der Waals surface area contributed by atoms with E-state index in [2.05, 4.69) is 15.5 Å². The highest BCUT2D eigenvalue weighted by atomic mass is 16.5. The molecule has 3 amide bonds. The van der Waals surface area contributed by atoms with Crippen LogP contribution in [0.25, 0.3) is 0 Å². The van der Waals surface area contributed by atoms with Crippen molar-refractivity contribution < 1.29 is 19.1 Å². The minimum atomic E-state index is -0.698. The molecule has 1 fully saturated rings. The van der Waals surface area contributed by atoms with Crippen LogP contribution in [-0.2, 0) is 16.0 Å². The fourth-order valence-electron chi connectivity index (χ4n) is 4.25. The van der Waals surface area contributed by atoms with Crippen LogP contribution in [0.3, 0.4) is 0 Å². The lowest BCUT2D eigenvalue weighted by atomic mass is 10.1. The van der Waals surface area contributed by atoms with Crippen molar-refractivity contribution in [3.8, 4) is 11.5 Å². The molecule has 8 nitrogen and oxygen atoms in total. The number of nitrogens with one attached hydrogen (secondary N) is 2. The van der Waals surface area contributed by atoms with E-state index in [0.717, 1.165) is 50.6 Å². The smallest absolute Gasteiger partial charge is 0.322 e. The van der Waals surface area contributed by atoms with Gasteiger partial charge in [0, 0.05) is 38.8 Å². The summed E-state index contributed by atoms with van der Waals surface area (Å²) < 4.78 is 11.2. The standard InChI is InChI=1S/C30H36N4O4/c1-33(25-13-15-27(16-14-25)38-26-11-6-3-7-12-26)30(36)32-28(23-24-9-4-2-5-10-24)29(35)31-17-8-18-34-19-21-37-22-20-34/h2-7,9-16,28H,8,17-23H2,1H3,(H,31,35)(H,32,36)/t28-/m0/s1. The molecule has 1 heterocycles. The summed E-state index contributed by atoms with van der Waals surface area (Å²) in [7, 11) is 1.68. The maximum atomic E-state index is 13.1. The molecule has 8 heteroatoms. The maximum Gasteiger partial charge on any atom is 0.322 e. The third-order valence-corrected chi connectivity index (χ3v) is 6.46. The number of carbonyl (C=O) groups is 2. The zero-order valence-corrected chi connectivity index (χ0v) is 21.8. The number of hydrogen-bond acceptors (Lipinski definition) is 5.